The molecule has 0 saturated carbocycles. The van der Waals surface area contributed by atoms with Crippen LogP contribution in [0.2, 0.25) is 5.02 Å². The highest BCUT2D eigenvalue weighted by atomic mass is 35.5. The molecule has 24 heavy (non-hydrogen) atoms. The monoisotopic (exact) mass is 353 g/mol. The van der Waals surface area contributed by atoms with Crippen molar-refractivity contribution in [3.05, 3.63) is 40.4 Å². The maximum atomic E-state index is 14.2. The van der Waals surface area contributed by atoms with E-state index in [4.69, 9.17) is 21.9 Å². The SMILES string of the molecule is CCCCC(CN)NC(=O)c1c(-c2c(F)cccc2Cl)noc1C. The summed E-state index contributed by atoms with van der Waals surface area (Å²) in [6, 6.07) is 4.13. The van der Waals surface area contributed by atoms with Crippen LogP contribution in [0.1, 0.15) is 42.3 Å². The van der Waals surface area contributed by atoms with E-state index in [0.29, 0.717) is 12.3 Å². The standard InChI is InChI=1S/C17H21ClFN3O2/c1-3-4-6-11(9-20)21-17(23)14-10(2)24-22-16(14)15-12(18)7-5-8-13(15)19/h5,7-8,11H,3-4,6,9,20H2,1-2H3,(H,21,23). The second-order valence-corrected chi connectivity index (χ2v) is 6.01. The van der Waals surface area contributed by atoms with E-state index in [0.717, 1.165) is 19.3 Å². The lowest BCUT2D eigenvalue weighted by molar-refractivity contribution is 0.0935. The van der Waals surface area contributed by atoms with Crippen molar-refractivity contribution < 1.29 is 13.7 Å². The Kier molecular flexibility index (Phi) is 6.34. The van der Waals surface area contributed by atoms with Crippen molar-refractivity contribution in [2.45, 2.75) is 39.2 Å². The van der Waals surface area contributed by atoms with Gasteiger partial charge in [0.15, 0.2) is 0 Å². The highest BCUT2D eigenvalue weighted by Crippen LogP contribution is 2.33. The van der Waals surface area contributed by atoms with Gasteiger partial charge in [-0.05, 0) is 25.5 Å². The smallest absolute Gasteiger partial charge is 0.257 e. The number of nitrogens with two attached hydrogens (primary N) is 1. The molecule has 5 nitrogen and oxygen atoms in total. The lowest BCUT2D eigenvalue weighted by Crippen LogP contribution is -2.40. The molecule has 1 aromatic heterocycles. The molecule has 3 N–H and O–H groups in total. The van der Waals surface area contributed by atoms with Crippen LogP contribution in [0.3, 0.4) is 0 Å². The Hall–Kier alpha value is -1.92. The Morgan fingerprint density at radius 1 is 1.50 bits per heavy atom. The Labute approximate surface area is 145 Å². The van der Waals surface area contributed by atoms with Crippen molar-refractivity contribution in [2.24, 2.45) is 5.73 Å². The number of halogens is 2. The van der Waals surface area contributed by atoms with Crippen LogP contribution in [0, 0.1) is 12.7 Å². The molecule has 2 rings (SSSR count). The number of carbonyl (C=O) groups is 1. The Morgan fingerprint density at radius 2 is 2.25 bits per heavy atom. The van der Waals surface area contributed by atoms with Crippen LogP contribution in [0.4, 0.5) is 4.39 Å². The Morgan fingerprint density at radius 3 is 2.88 bits per heavy atom. The second-order valence-electron chi connectivity index (χ2n) is 5.61. The van der Waals surface area contributed by atoms with Crippen LogP contribution in [-0.2, 0) is 0 Å². The highest BCUT2D eigenvalue weighted by Gasteiger charge is 2.26. The summed E-state index contributed by atoms with van der Waals surface area (Å²) in [5.41, 5.74) is 6.04. The first-order valence-corrected chi connectivity index (χ1v) is 8.28. The summed E-state index contributed by atoms with van der Waals surface area (Å²) < 4.78 is 19.3. The Bertz CT molecular complexity index is 698. The zero-order valence-corrected chi connectivity index (χ0v) is 14.5. The van der Waals surface area contributed by atoms with Gasteiger partial charge in [0.1, 0.15) is 22.8 Å². The molecular formula is C17H21ClFN3O2. The molecule has 0 bridgehead atoms. The summed E-state index contributed by atoms with van der Waals surface area (Å²) in [6.45, 7) is 3.99. The minimum absolute atomic E-state index is 0.0547. The average molecular weight is 354 g/mol. The number of carbonyl (C=O) groups excluding carboxylic acids is 1. The molecule has 130 valence electrons. The van der Waals surface area contributed by atoms with E-state index < -0.39 is 11.7 Å². The molecule has 0 radical (unpaired) electrons. The first-order chi connectivity index (χ1) is 11.5. The van der Waals surface area contributed by atoms with Crippen molar-refractivity contribution in [3.63, 3.8) is 0 Å². The van der Waals surface area contributed by atoms with Crippen LogP contribution in [-0.4, -0.2) is 23.7 Å². The number of nitrogens with one attached hydrogen (secondary N) is 1. The number of aryl methyl sites for hydroxylation is 1. The lowest BCUT2D eigenvalue weighted by Gasteiger charge is -2.16. The van der Waals surface area contributed by atoms with Crippen molar-refractivity contribution in [2.75, 3.05) is 6.54 Å². The van der Waals surface area contributed by atoms with Gasteiger partial charge in [-0.1, -0.05) is 42.6 Å². The molecule has 1 atom stereocenters. The third kappa shape index (κ3) is 3.94. The molecule has 2 aromatic rings. The number of hydrogen-bond donors (Lipinski definition) is 2. The van der Waals surface area contributed by atoms with Gasteiger partial charge in [0.2, 0.25) is 0 Å². The molecule has 1 heterocycles. The molecule has 7 heteroatoms. The second kappa shape index (κ2) is 8.26. The number of benzene rings is 1. The molecule has 0 aliphatic rings. The minimum Gasteiger partial charge on any atom is -0.360 e. The zero-order valence-electron chi connectivity index (χ0n) is 13.7. The maximum Gasteiger partial charge on any atom is 0.257 e. The first-order valence-electron chi connectivity index (χ1n) is 7.91. The van der Waals surface area contributed by atoms with Gasteiger partial charge in [0, 0.05) is 12.6 Å². The fourth-order valence-corrected chi connectivity index (χ4v) is 2.74. The van der Waals surface area contributed by atoms with E-state index >= 15 is 0 Å². The largest absolute Gasteiger partial charge is 0.360 e. The average Bonchev–Trinajstić information content (AvgIpc) is 2.92. The summed E-state index contributed by atoms with van der Waals surface area (Å²) in [5, 5.41) is 6.86. The van der Waals surface area contributed by atoms with Gasteiger partial charge in [-0.3, -0.25) is 4.79 Å². The number of hydrogen-bond acceptors (Lipinski definition) is 4. The van der Waals surface area contributed by atoms with Crippen LogP contribution < -0.4 is 11.1 Å². The van der Waals surface area contributed by atoms with E-state index in [1.54, 1.807) is 6.92 Å². The molecule has 0 saturated heterocycles. The molecule has 0 fully saturated rings. The van der Waals surface area contributed by atoms with Crippen molar-refractivity contribution >= 4 is 17.5 Å². The van der Waals surface area contributed by atoms with Gasteiger partial charge in [-0.25, -0.2) is 4.39 Å². The Balaban J connectivity index is 2.35. The van der Waals surface area contributed by atoms with Crippen molar-refractivity contribution in [1.29, 1.82) is 0 Å². The van der Waals surface area contributed by atoms with Crippen molar-refractivity contribution in [1.82, 2.24) is 10.5 Å². The van der Waals surface area contributed by atoms with Gasteiger partial charge in [0.05, 0.1) is 10.6 Å². The molecule has 1 unspecified atom stereocenters. The molecule has 0 aliphatic heterocycles. The fourth-order valence-electron chi connectivity index (χ4n) is 2.49. The number of aromatic nitrogens is 1. The predicted octanol–water partition coefficient (Wildman–Crippen LogP) is 3.69. The number of amides is 1. The van der Waals surface area contributed by atoms with Gasteiger partial charge >= 0.3 is 0 Å². The summed E-state index contributed by atoms with van der Waals surface area (Å²) in [7, 11) is 0. The number of unbranched alkanes of at least 4 members (excludes halogenated alkanes) is 1. The predicted molar refractivity (Wildman–Crippen MR) is 91.5 cm³/mol. The number of nitrogens with zero attached hydrogens (tertiary/aromatic N) is 1. The van der Waals surface area contributed by atoms with E-state index in [1.807, 2.05) is 0 Å². The topological polar surface area (TPSA) is 81.1 Å². The van der Waals surface area contributed by atoms with Gasteiger partial charge in [-0.15, -0.1) is 0 Å². The molecule has 0 spiro atoms. The van der Waals surface area contributed by atoms with Crippen LogP contribution >= 0.6 is 11.6 Å². The first kappa shape index (κ1) is 18.4. The van der Waals surface area contributed by atoms with Gasteiger partial charge < -0.3 is 15.6 Å². The summed E-state index contributed by atoms with van der Waals surface area (Å²) in [4.78, 5) is 12.6. The van der Waals surface area contributed by atoms with Crippen molar-refractivity contribution in [3.8, 4) is 11.3 Å². The normalized spacial score (nSPS) is 12.2. The van der Waals surface area contributed by atoms with Gasteiger partial charge in [0.25, 0.3) is 5.91 Å². The fraction of sp³-hybridized carbons (Fsp3) is 0.412. The van der Waals surface area contributed by atoms with Crippen LogP contribution in [0.5, 0.6) is 0 Å². The maximum absolute atomic E-state index is 14.2. The van der Waals surface area contributed by atoms with E-state index in [-0.39, 0.29) is 27.9 Å². The lowest BCUT2D eigenvalue weighted by atomic mass is 10.0. The zero-order chi connectivity index (χ0) is 17.7. The molecular weight excluding hydrogens is 333 g/mol. The third-order valence-electron chi connectivity index (χ3n) is 3.82. The molecule has 1 amide bonds. The van der Waals surface area contributed by atoms with E-state index in [2.05, 4.69) is 17.4 Å². The highest BCUT2D eigenvalue weighted by molar-refractivity contribution is 6.33. The third-order valence-corrected chi connectivity index (χ3v) is 4.13. The molecule has 0 aliphatic carbocycles. The quantitative estimate of drug-likeness (QED) is 0.795. The summed E-state index contributed by atoms with van der Waals surface area (Å²) >= 11 is 6.08. The number of rotatable bonds is 7. The van der Waals surface area contributed by atoms with E-state index in [1.165, 1.54) is 18.2 Å². The minimum atomic E-state index is -0.564. The van der Waals surface area contributed by atoms with Gasteiger partial charge in [-0.2, -0.15) is 0 Å². The summed E-state index contributed by atoms with van der Waals surface area (Å²) in [6.07, 6.45) is 2.74. The van der Waals surface area contributed by atoms with Crippen LogP contribution in [0.15, 0.2) is 22.7 Å². The van der Waals surface area contributed by atoms with E-state index in [9.17, 15) is 9.18 Å². The summed E-state index contributed by atoms with van der Waals surface area (Å²) in [5.74, 6) is -0.658. The molecule has 1 aromatic carbocycles. The van der Waals surface area contributed by atoms with Crippen LogP contribution in [0.25, 0.3) is 11.3 Å².